The van der Waals surface area contributed by atoms with E-state index in [-0.39, 0.29) is 25.0 Å². The average molecular weight is 759 g/mol. The summed E-state index contributed by atoms with van der Waals surface area (Å²) in [6, 6.07) is 3.05. The number of nitrogens with zero attached hydrogens (tertiary/aromatic N) is 2. The molecule has 0 spiro atoms. The van der Waals surface area contributed by atoms with Crippen molar-refractivity contribution < 1.29 is 43.2 Å². The fraction of sp³-hybridized carbons (Fsp3) is 0.595. The molecule has 0 bridgehead atoms. The zero-order valence-electron chi connectivity index (χ0n) is 29.9. The Morgan fingerprint density at radius 1 is 1.12 bits per heavy atom. The van der Waals surface area contributed by atoms with E-state index in [1.807, 2.05) is 13.8 Å². The summed E-state index contributed by atoms with van der Waals surface area (Å²) in [6.45, 7) is 10.1. The summed E-state index contributed by atoms with van der Waals surface area (Å²) in [7, 11) is 1.58. The van der Waals surface area contributed by atoms with Crippen molar-refractivity contribution in [3.63, 3.8) is 0 Å². The highest BCUT2D eigenvalue weighted by molar-refractivity contribution is 7.99. The first-order valence-electron chi connectivity index (χ1n) is 17.9. The molecule has 13 nitrogen and oxygen atoms in total. The van der Waals surface area contributed by atoms with Crippen molar-refractivity contribution in [1.82, 2.24) is 20.5 Å². The van der Waals surface area contributed by atoms with Crippen LogP contribution in [0.1, 0.15) is 59.3 Å². The van der Waals surface area contributed by atoms with Gasteiger partial charge in [0.15, 0.2) is 0 Å². The molecule has 4 fully saturated rings. The summed E-state index contributed by atoms with van der Waals surface area (Å²) in [5.74, 6) is 0.323. The van der Waals surface area contributed by atoms with Gasteiger partial charge in [-0.3, -0.25) is 9.59 Å². The van der Waals surface area contributed by atoms with E-state index in [4.69, 9.17) is 35.5 Å². The minimum atomic E-state index is -1.40. The van der Waals surface area contributed by atoms with Crippen molar-refractivity contribution >= 4 is 58.1 Å². The highest BCUT2D eigenvalue weighted by Crippen LogP contribution is 2.52. The van der Waals surface area contributed by atoms with Crippen LogP contribution in [-0.4, -0.2) is 101 Å². The summed E-state index contributed by atoms with van der Waals surface area (Å²) >= 11 is 8.29. The number of benzene rings is 1. The van der Waals surface area contributed by atoms with Gasteiger partial charge in [0, 0.05) is 25.0 Å². The number of aliphatic carboxylic acids is 1. The number of amides is 3. The van der Waals surface area contributed by atoms with Crippen LogP contribution < -0.4 is 20.1 Å². The van der Waals surface area contributed by atoms with Gasteiger partial charge in [0.25, 0.3) is 0 Å². The second-order valence-electron chi connectivity index (χ2n) is 14.2. The Balaban J connectivity index is 1.26. The number of alkyl carbamates (subject to hydrolysis) is 1. The number of hydrogen-bond donors (Lipinski definition) is 3. The van der Waals surface area contributed by atoms with Crippen LogP contribution in [0, 0.1) is 17.8 Å². The first kappa shape index (κ1) is 38.0. The number of hydrogen-bond acceptors (Lipinski definition) is 10. The van der Waals surface area contributed by atoms with Gasteiger partial charge < -0.3 is 39.6 Å². The summed E-state index contributed by atoms with van der Waals surface area (Å²) in [5, 5.41) is 17.1. The molecule has 282 valence electrons. The Hall–Kier alpha value is -3.75. The van der Waals surface area contributed by atoms with E-state index >= 15 is 0 Å². The van der Waals surface area contributed by atoms with E-state index in [2.05, 4.69) is 17.2 Å². The minimum absolute atomic E-state index is 0.0211. The molecule has 1 aliphatic heterocycles. The van der Waals surface area contributed by atoms with E-state index in [1.165, 1.54) is 23.1 Å². The second-order valence-corrected chi connectivity index (χ2v) is 15.9. The third kappa shape index (κ3) is 7.93. The van der Waals surface area contributed by atoms with Crippen molar-refractivity contribution in [3.05, 3.63) is 35.4 Å². The molecular formula is C37H47ClN4O9S. The van der Waals surface area contributed by atoms with Crippen molar-refractivity contribution in [2.45, 2.75) is 94.2 Å². The predicted molar refractivity (Wildman–Crippen MR) is 195 cm³/mol. The van der Waals surface area contributed by atoms with Crippen LogP contribution in [-0.2, 0) is 23.9 Å². The molecule has 3 amide bonds. The fourth-order valence-corrected chi connectivity index (χ4v) is 8.52. The van der Waals surface area contributed by atoms with Gasteiger partial charge in [0.05, 0.1) is 18.7 Å². The van der Waals surface area contributed by atoms with Crippen molar-refractivity contribution in [2.75, 3.05) is 32.6 Å². The maximum Gasteiger partial charge on any atom is 0.408 e. The van der Waals surface area contributed by atoms with E-state index in [9.17, 15) is 24.3 Å². The zero-order valence-corrected chi connectivity index (χ0v) is 31.5. The number of carboxylic acids is 1. The van der Waals surface area contributed by atoms with Gasteiger partial charge in [0.2, 0.25) is 11.8 Å². The topological polar surface area (TPSA) is 166 Å². The first-order chi connectivity index (χ1) is 24.9. The summed E-state index contributed by atoms with van der Waals surface area (Å²) in [6.07, 6.45) is 2.14. The molecule has 52 heavy (non-hydrogen) atoms. The lowest BCUT2D eigenvalue weighted by atomic mass is 10.1. The largest absolute Gasteiger partial charge is 0.490 e. The molecule has 3 N–H and O–H groups in total. The number of thioether (sulfide) groups is 1. The summed E-state index contributed by atoms with van der Waals surface area (Å²) < 4.78 is 23.2. The molecule has 3 saturated carbocycles. The molecule has 1 aromatic heterocycles. The van der Waals surface area contributed by atoms with E-state index in [0.29, 0.717) is 75.9 Å². The second kappa shape index (κ2) is 15.7. The van der Waals surface area contributed by atoms with Crippen LogP contribution in [0.3, 0.4) is 0 Å². The number of aromatic nitrogens is 1. The SMILES string of the molecule is C=C(C)[C@H](NC(=O)O[C@@H]1C[C@@H]2C[C@@H]2C1)C(=O)N1C[C@H](Oc2cc(SCC)nc3c(Cl)c(OCCOC)ccc23)C[C@H]1C(=O)N[C@]1(C(=O)O)C[C@H]1CC. The van der Waals surface area contributed by atoms with Gasteiger partial charge in [-0.2, -0.15) is 0 Å². The molecule has 2 aromatic rings. The molecule has 4 aliphatic rings. The molecule has 6 rings (SSSR count). The number of likely N-dealkylation sites (tertiary alicyclic amines) is 1. The van der Waals surface area contributed by atoms with Crippen LogP contribution >= 0.6 is 23.4 Å². The first-order valence-corrected chi connectivity index (χ1v) is 19.3. The molecular weight excluding hydrogens is 712 g/mol. The van der Waals surface area contributed by atoms with Crippen molar-refractivity contribution in [1.29, 1.82) is 0 Å². The molecule has 1 aromatic carbocycles. The van der Waals surface area contributed by atoms with E-state index in [0.717, 1.165) is 18.6 Å². The quantitative estimate of drug-likeness (QED) is 0.117. The highest BCUT2D eigenvalue weighted by Gasteiger charge is 2.61. The number of carbonyl (C=O) groups excluding carboxylic acids is 3. The highest BCUT2D eigenvalue weighted by atomic mass is 35.5. The van der Waals surface area contributed by atoms with Gasteiger partial charge in [-0.25, -0.2) is 14.6 Å². The number of carbonyl (C=O) groups is 4. The van der Waals surface area contributed by atoms with Gasteiger partial charge in [-0.05, 0) is 73.8 Å². The Kier molecular flexibility index (Phi) is 11.5. The summed E-state index contributed by atoms with van der Waals surface area (Å²) in [5.41, 5.74) is -0.572. The number of pyridine rings is 1. The van der Waals surface area contributed by atoms with Crippen LogP contribution in [0.5, 0.6) is 11.5 Å². The van der Waals surface area contributed by atoms with Crippen LogP contribution in [0.2, 0.25) is 5.02 Å². The van der Waals surface area contributed by atoms with Gasteiger partial charge in [-0.1, -0.05) is 38.4 Å². The van der Waals surface area contributed by atoms with Crippen molar-refractivity contribution in [2.24, 2.45) is 17.8 Å². The molecule has 8 atom stereocenters. The number of nitrogens with one attached hydrogen (secondary N) is 2. The Labute approximate surface area is 312 Å². The van der Waals surface area contributed by atoms with Gasteiger partial charge in [-0.15, -0.1) is 11.8 Å². The van der Waals surface area contributed by atoms with E-state index < -0.39 is 47.6 Å². The molecule has 2 heterocycles. The maximum absolute atomic E-state index is 14.3. The Bertz CT molecular complexity index is 1730. The Morgan fingerprint density at radius 2 is 1.87 bits per heavy atom. The molecule has 15 heteroatoms. The summed E-state index contributed by atoms with van der Waals surface area (Å²) in [4.78, 5) is 59.7. The third-order valence-electron chi connectivity index (χ3n) is 10.6. The minimum Gasteiger partial charge on any atom is -0.490 e. The van der Waals surface area contributed by atoms with Crippen LogP contribution in [0.4, 0.5) is 4.79 Å². The average Bonchev–Trinajstić information content (AvgIpc) is 3.92. The number of rotatable bonds is 16. The lowest BCUT2D eigenvalue weighted by Gasteiger charge is -2.29. The third-order valence-corrected chi connectivity index (χ3v) is 11.8. The normalized spacial score (nSPS) is 27.8. The van der Waals surface area contributed by atoms with Gasteiger partial charge in [0.1, 0.15) is 58.0 Å². The number of carboxylic acid groups (broad SMARTS) is 1. The van der Waals surface area contributed by atoms with Gasteiger partial charge >= 0.3 is 12.1 Å². The lowest BCUT2D eigenvalue weighted by Crippen LogP contribution is -2.56. The lowest BCUT2D eigenvalue weighted by molar-refractivity contribution is -0.145. The zero-order chi connectivity index (χ0) is 37.3. The van der Waals surface area contributed by atoms with Crippen LogP contribution in [0.25, 0.3) is 10.9 Å². The smallest absolute Gasteiger partial charge is 0.408 e. The molecule has 0 unspecified atom stereocenters. The molecule has 0 radical (unpaired) electrons. The number of methoxy groups -OCH3 is 1. The van der Waals surface area contributed by atoms with Crippen molar-refractivity contribution in [3.8, 4) is 11.5 Å². The number of ether oxygens (including phenoxy) is 4. The fourth-order valence-electron chi connectivity index (χ4n) is 7.62. The van der Waals surface area contributed by atoms with E-state index in [1.54, 1.807) is 32.2 Å². The van der Waals surface area contributed by atoms with Crippen LogP contribution in [0.15, 0.2) is 35.4 Å². The maximum atomic E-state index is 14.3. The number of fused-ring (bicyclic) bond motifs is 2. The standard InChI is InChI=1S/C37H47ClN4O9S/c1-6-22-17-37(22,35(45)46)41-33(43)26-15-24(18-42(26)34(44)31(19(3)4)40-36(47)51-23-13-20-12-21(20)14-23)50-28-16-29(52-7-2)39-32-25(28)8-9-27(30(32)38)49-11-10-48-5/h8-9,16,20-24,26,31H,3,6-7,10-15,17-18H2,1-2,4-5H3,(H,40,47)(H,41,43)(H,45,46)/t20-,21+,22-,23+,24-,26+,31+,37-/m1/s1. The Morgan fingerprint density at radius 3 is 2.50 bits per heavy atom. The molecule has 3 aliphatic carbocycles. The number of halogens is 1. The predicted octanol–water partition coefficient (Wildman–Crippen LogP) is 5.21. The molecule has 1 saturated heterocycles. The monoisotopic (exact) mass is 758 g/mol.